The molecule has 0 aliphatic heterocycles. The number of fused-ring (bicyclic) bond motifs is 1. The fraction of sp³-hybridized carbons (Fsp3) is 0.444. The van der Waals surface area contributed by atoms with E-state index >= 15 is 0 Å². The van der Waals surface area contributed by atoms with E-state index in [4.69, 9.17) is 20.7 Å². The fourth-order valence-electron chi connectivity index (χ4n) is 1.41. The highest BCUT2D eigenvalue weighted by Gasteiger charge is 2.11. The van der Waals surface area contributed by atoms with Crippen molar-refractivity contribution in [3.05, 3.63) is 16.7 Å². The van der Waals surface area contributed by atoms with Crippen LogP contribution < -0.4 is 17.4 Å². The van der Waals surface area contributed by atoms with Gasteiger partial charge in [-0.1, -0.05) is 0 Å². The lowest BCUT2D eigenvalue weighted by Crippen LogP contribution is -2.23. The van der Waals surface area contributed by atoms with Crippen LogP contribution in [0.25, 0.3) is 11.2 Å². The number of hydrogen-bond donors (Lipinski definition) is 5. The third kappa shape index (κ3) is 3.06. The molecule has 2 aromatic rings. The molecule has 0 saturated carbocycles. The van der Waals surface area contributed by atoms with Crippen molar-refractivity contribution in [2.45, 2.75) is 12.8 Å². The number of aliphatic hydroxyl groups is 2. The van der Waals surface area contributed by atoms with Crippen molar-refractivity contribution in [1.82, 2.24) is 25.7 Å². The summed E-state index contributed by atoms with van der Waals surface area (Å²) in [6, 6.07) is 0. The predicted molar refractivity (Wildman–Crippen MR) is 66.6 cm³/mol. The molecule has 0 bridgehead atoms. The van der Waals surface area contributed by atoms with Crippen molar-refractivity contribution in [1.29, 1.82) is 0 Å². The zero-order valence-electron chi connectivity index (χ0n) is 10.1. The number of aromatic amines is 1. The van der Waals surface area contributed by atoms with Crippen molar-refractivity contribution in [3.63, 3.8) is 0 Å². The molecule has 2 aromatic heterocycles. The van der Waals surface area contributed by atoms with E-state index in [-0.39, 0.29) is 43.2 Å². The molecule has 2 heterocycles. The summed E-state index contributed by atoms with van der Waals surface area (Å²) in [5.41, 5.74) is 5.43. The number of anilines is 1. The minimum absolute atomic E-state index is 0. The highest BCUT2D eigenvalue weighted by atomic mass is 16.5. The third-order valence-electron chi connectivity index (χ3n) is 2.35. The summed E-state index contributed by atoms with van der Waals surface area (Å²) in [5, 5.41) is 17.7. The summed E-state index contributed by atoms with van der Waals surface area (Å²) in [7, 11) is 0. The molecule has 0 saturated heterocycles. The molecule has 2 rings (SSSR count). The Kier molecular flexibility index (Phi) is 4.94. The zero-order chi connectivity index (χ0) is 13.1. The topological polar surface area (TPSA) is 174 Å². The van der Waals surface area contributed by atoms with Crippen LogP contribution in [0.4, 0.5) is 5.95 Å². The van der Waals surface area contributed by atoms with E-state index in [0.29, 0.717) is 0 Å². The van der Waals surface area contributed by atoms with Crippen LogP contribution in [0.3, 0.4) is 0 Å². The molecule has 10 nitrogen and oxygen atoms in total. The van der Waals surface area contributed by atoms with E-state index in [1.165, 1.54) is 10.9 Å². The molecule has 8 N–H and O–H groups in total. The van der Waals surface area contributed by atoms with Crippen LogP contribution in [0.15, 0.2) is 11.1 Å². The molecular weight excluding hydrogens is 256 g/mol. The van der Waals surface area contributed by atoms with Gasteiger partial charge in [0.1, 0.15) is 12.8 Å². The van der Waals surface area contributed by atoms with Crippen LogP contribution in [0.2, 0.25) is 0 Å². The monoisotopic (exact) mass is 272 g/mol. The second-order valence-electron chi connectivity index (χ2n) is 3.62. The second-order valence-corrected chi connectivity index (χ2v) is 3.62. The van der Waals surface area contributed by atoms with Crippen LogP contribution >= 0.6 is 0 Å². The second kappa shape index (κ2) is 6.24. The van der Waals surface area contributed by atoms with Crippen molar-refractivity contribution < 1.29 is 14.9 Å². The molecule has 0 unspecified atom stereocenters. The Morgan fingerprint density at radius 2 is 2.16 bits per heavy atom. The van der Waals surface area contributed by atoms with Gasteiger partial charge in [-0.25, -0.2) is 4.98 Å². The van der Waals surface area contributed by atoms with E-state index in [9.17, 15) is 4.79 Å². The van der Waals surface area contributed by atoms with Gasteiger partial charge in [0.15, 0.2) is 11.2 Å². The first-order valence-corrected chi connectivity index (χ1v) is 5.19. The van der Waals surface area contributed by atoms with E-state index in [2.05, 4.69) is 15.0 Å². The van der Waals surface area contributed by atoms with Crippen LogP contribution in [-0.4, -0.2) is 49.0 Å². The van der Waals surface area contributed by atoms with Crippen molar-refractivity contribution in [2.24, 2.45) is 0 Å². The van der Waals surface area contributed by atoms with E-state index < -0.39 is 11.7 Å². The maximum atomic E-state index is 11.5. The van der Waals surface area contributed by atoms with Crippen molar-refractivity contribution in [3.8, 4) is 0 Å². The van der Waals surface area contributed by atoms with E-state index in [0.717, 1.165) is 0 Å². The van der Waals surface area contributed by atoms with E-state index in [1.807, 2.05) is 0 Å². The molecule has 0 radical (unpaired) electrons. The maximum absolute atomic E-state index is 11.5. The molecule has 106 valence electrons. The Morgan fingerprint density at radius 3 is 2.79 bits per heavy atom. The Labute approximate surface area is 107 Å². The highest BCUT2D eigenvalue weighted by molar-refractivity contribution is 5.70. The number of aliphatic hydroxyl groups excluding tert-OH is 2. The third-order valence-corrected chi connectivity index (χ3v) is 2.35. The van der Waals surface area contributed by atoms with Gasteiger partial charge in [0.05, 0.1) is 19.5 Å². The Morgan fingerprint density at radius 1 is 1.47 bits per heavy atom. The lowest BCUT2D eigenvalue weighted by atomic mass is 10.4. The SMILES string of the molecule is N.Nc1nc2c(ncn2COC(CO)CO)c(=O)[nH]1. The van der Waals surface area contributed by atoms with Crippen LogP contribution in [0.1, 0.15) is 0 Å². The average Bonchev–Trinajstić information content (AvgIpc) is 2.74. The summed E-state index contributed by atoms with van der Waals surface area (Å²) < 4.78 is 6.66. The molecule has 0 aliphatic rings. The summed E-state index contributed by atoms with van der Waals surface area (Å²) in [4.78, 5) is 21.6. The number of H-pyrrole nitrogens is 1. The molecular formula is C9H16N6O4. The largest absolute Gasteiger partial charge is 0.394 e. The number of imidazole rings is 1. The van der Waals surface area contributed by atoms with Crippen LogP contribution in [0, 0.1) is 0 Å². The Bertz CT molecular complexity index is 590. The summed E-state index contributed by atoms with van der Waals surface area (Å²) >= 11 is 0. The number of hydrogen-bond acceptors (Lipinski definition) is 8. The molecule has 0 amide bonds. The molecule has 0 aliphatic carbocycles. The minimum atomic E-state index is -0.693. The molecule has 0 atom stereocenters. The van der Waals surface area contributed by atoms with Crippen LogP contribution in [0.5, 0.6) is 0 Å². The molecule has 0 spiro atoms. The number of nitrogens with zero attached hydrogens (tertiary/aromatic N) is 3. The lowest BCUT2D eigenvalue weighted by Gasteiger charge is -2.12. The van der Waals surface area contributed by atoms with Crippen LogP contribution in [-0.2, 0) is 11.5 Å². The number of nitrogens with two attached hydrogens (primary N) is 1. The quantitative estimate of drug-likeness (QED) is 0.423. The molecule has 0 aromatic carbocycles. The van der Waals surface area contributed by atoms with Gasteiger partial charge in [0.2, 0.25) is 5.95 Å². The Hall–Kier alpha value is -2.01. The number of ether oxygens (including phenoxy) is 1. The van der Waals surface area contributed by atoms with Gasteiger partial charge in [0, 0.05) is 0 Å². The standard InChI is InChI=1S/C9H13N5O4.H3N/c10-9-12-7-6(8(17)13-9)11-3-14(7)4-18-5(1-15)2-16;/h3,5,15-16H,1-2,4H2,(H3,10,12,13,17);1H3. The number of nitrogens with one attached hydrogen (secondary N) is 1. The fourth-order valence-corrected chi connectivity index (χ4v) is 1.41. The van der Waals surface area contributed by atoms with Gasteiger partial charge in [-0.05, 0) is 0 Å². The maximum Gasteiger partial charge on any atom is 0.280 e. The first kappa shape index (κ1) is 15.0. The molecule has 0 fully saturated rings. The minimum Gasteiger partial charge on any atom is -0.394 e. The average molecular weight is 272 g/mol. The lowest BCUT2D eigenvalue weighted by molar-refractivity contribution is -0.0488. The number of rotatable bonds is 5. The predicted octanol–water partition coefficient (Wildman–Crippen LogP) is -1.81. The van der Waals surface area contributed by atoms with Crippen molar-refractivity contribution >= 4 is 17.1 Å². The summed E-state index contributed by atoms with van der Waals surface area (Å²) in [6.45, 7) is -0.614. The number of nitrogen functional groups attached to an aromatic ring is 1. The van der Waals surface area contributed by atoms with Gasteiger partial charge in [-0.3, -0.25) is 14.3 Å². The van der Waals surface area contributed by atoms with Gasteiger partial charge in [0.25, 0.3) is 5.56 Å². The zero-order valence-corrected chi connectivity index (χ0v) is 10.1. The van der Waals surface area contributed by atoms with Gasteiger partial charge < -0.3 is 26.8 Å². The Balaban J connectivity index is 0.00000180. The highest BCUT2D eigenvalue weighted by Crippen LogP contribution is 2.07. The van der Waals surface area contributed by atoms with Gasteiger partial charge in [-0.2, -0.15) is 4.98 Å². The van der Waals surface area contributed by atoms with Gasteiger partial charge in [-0.15, -0.1) is 0 Å². The summed E-state index contributed by atoms with van der Waals surface area (Å²) in [6.07, 6.45) is 0.680. The van der Waals surface area contributed by atoms with E-state index in [1.54, 1.807) is 0 Å². The molecule has 10 heteroatoms. The summed E-state index contributed by atoms with van der Waals surface area (Å²) in [5.74, 6) is -0.0184. The van der Waals surface area contributed by atoms with Crippen molar-refractivity contribution in [2.75, 3.05) is 18.9 Å². The normalized spacial score (nSPS) is 10.9. The number of aromatic nitrogens is 4. The first-order chi connectivity index (χ1) is 8.65. The van der Waals surface area contributed by atoms with Gasteiger partial charge >= 0.3 is 0 Å². The smallest absolute Gasteiger partial charge is 0.280 e. The first-order valence-electron chi connectivity index (χ1n) is 5.19. The molecule has 19 heavy (non-hydrogen) atoms.